The Morgan fingerprint density at radius 2 is 1.83 bits per heavy atom. The molecule has 4 fully saturated rings. The van der Waals surface area contributed by atoms with Gasteiger partial charge < -0.3 is 15.3 Å². The van der Waals surface area contributed by atoms with Crippen LogP contribution in [0.5, 0.6) is 0 Å². The summed E-state index contributed by atoms with van der Waals surface area (Å²) >= 11 is 0. The van der Waals surface area contributed by atoms with E-state index in [-0.39, 0.29) is 41.0 Å². The Morgan fingerprint density at radius 1 is 1.10 bits per heavy atom. The number of hydrogen-bond donors (Lipinski definition) is 5. The Balaban J connectivity index is 1.58. The average molecular weight is 423 g/mol. The highest BCUT2D eigenvalue weighted by atomic mass is 16.3. The third-order valence-corrected chi connectivity index (χ3v) is 10.5. The number of hydrogen-bond acceptors (Lipinski definition) is 5. The van der Waals surface area contributed by atoms with E-state index in [0.29, 0.717) is 36.0 Å². The molecule has 11 atom stereocenters. The van der Waals surface area contributed by atoms with Crippen LogP contribution >= 0.6 is 0 Å². The van der Waals surface area contributed by atoms with Crippen LogP contribution < -0.4 is 11.3 Å². The highest BCUT2D eigenvalue weighted by Gasteiger charge is 2.65. The van der Waals surface area contributed by atoms with Gasteiger partial charge in [-0.15, -0.1) is 0 Å². The number of aliphatic hydroxyl groups is 3. The van der Waals surface area contributed by atoms with E-state index in [2.05, 4.69) is 26.2 Å². The van der Waals surface area contributed by atoms with Crippen LogP contribution in [-0.2, 0) is 4.79 Å². The Labute approximate surface area is 181 Å². The maximum absolute atomic E-state index is 11.6. The molecular weight excluding hydrogens is 380 g/mol. The molecule has 0 heterocycles. The molecule has 4 rings (SSSR count). The Bertz CT molecular complexity index is 659. The monoisotopic (exact) mass is 422 g/mol. The van der Waals surface area contributed by atoms with Crippen molar-refractivity contribution in [3.8, 4) is 0 Å². The topological polar surface area (TPSA) is 116 Å². The van der Waals surface area contributed by atoms with E-state index in [0.717, 1.165) is 51.4 Å². The number of fused-ring (bicyclic) bond motifs is 5. The van der Waals surface area contributed by atoms with Crippen molar-refractivity contribution in [1.29, 1.82) is 0 Å². The second-order valence-corrected chi connectivity index (χ2v) is 11.6. The minimum atomic E-state index is -0.378. The van der Waals surface area contributed by atoms with Crippen molar-refractivity contribution in [2.24, 2.45) is 52.2 Å². The van der Waals surface area contributed by atoms with Gasteiger partial charge in [-0.2, -0.15) is 0 Å². The molecule has 0 aromatic rings. The van der Waals surface area contributed by atoms with Gasteiger partial charge in [0.15, 0.2) is 0 Å². The third kappa shape index (κ3) is 3.33. The molecule has 0 aliphatic heterocycles. The summed E-state index contributed by atoms with van der Waals surface area (Å²) in [4.78, 5) is 11.6. The van der Waals surface area contributed by atoms with Gasteiger partial charge in [-0.05, 0) is 97.7 Å². The summed E-state index contributed by atoms with van der Waals surface area (Å²) < 4.78 is 0. The molecule has 0 aromatic carbocycles. The van der Waals surface area contributed by atoms with E-state index in [9.17, 15) is 20.1 Å². The number of carbonyl (C=O) groups is 1. The zero-order valence-electron chi connectivity index (χ0n) is 18.9. The van der Waals surface area contributed by atoms with Crippen LogP contribution in [0.4, 0.5) is 0 Å². The van der Waals surface area contributed by atoms with Gasteiger partial charge in [-0.1, -0.05) is 20.8 Å². The maximum Gasteiger partial charge on any atom is 0.233 e. The number of nitrogens with two attached hydrogens (primary N) is 1. The van der Waals surface area contributed by atoms with Crippen LogP contribution in [0.1, 0.15) is 78.6 Å². The standard InChI is InChI=1S/C24H42N2O4/c1-13(4-7-21(30)26-25)16-5-6-17-22-18(12-20(29)24(16,17)3)23(2)9-8-15(27)10-14(23)11-19(22)28/h13-20,22,27-29H,4-12,25H2,1-3H3,(H,26,30)/t13-,14+,15-,16-,17+,18+,19-,20+,22+,23+,24-/m1/s1. The third-order valence-electron chi connectivity index (χ3n) is 10.5. The Kier molecular flexibility index (Phi) is 6.02. The van der Waals surface area contributed by atoms with E-state index in [1.165, 1.54) is 0 Å². The lowest BCUT2D eigenvalue weighted by molar-refractivity contribution is -0.207. The van der Waals surface area contributed by atoms with Crippen molar-refractivity contribution in [2.75, 3.05) is 0 Å². The molecule has 172 valence electrons. The lowest BCUT2D eigenvalue weighted by Gasteiger charge is -2.63. The first-order valence-electron chi connectivity index (χ1n) is 12.2. The molecule has 4 aliphatic carbocycles. The van der Waals surface area contributed by atoms with E-state index in [1.54, 1.807) is 0 Å². The zero-order valence-corrected chi connectivity index (χ0v) is 18.9. The van der Waals surface area contributed by atoms with Crippen molar-refractivity contribution in [1.82, 2.24) is 5.43 Å². The molecule has 0 radical (unpaired) electrons. The van der Waals surface area contributed by atoms with Crippen molar-refractivity contribution >= 4 is 5.91 Å². The summed E-state index contributed by atoms with van der Waals surface area (Å²) in [5, 5.41) is 33.1. The zero-order chi connectivity index (χ0) is 21.8. The highest BCUT2D eigenvalue weighted by molar-refractivity contribution is 5.75. The van der Waals surface area contributed by atoms with Crippen LogP contribution in [0, 0.1) is 46.3 Å². The van der Waals surface area contributed by atoms with Crippen molar-refractivity contribution < 1.29 is 20.1 Å². The molecular formula is C24H42N2O4. The van der Waals surface area contributed by atoms with E-state index in [4.69, 9.17) is 5.84 Å². The lowest BCUT2D eigenvalue weighted by Crippen LogP contribution is -2.62. The van der Waals surface area contributed by atoms with Gasteiger partial charge >= 0.3 is 0 Å². The van der Waals surface area contributed by atoms with E-state index < -0.39 is 0 Å². The lowest BCUT2D eigenvalue weighted by atomic mass is 9.43. The summed E-state index contributed by atoms with van der Waals surface area (Å²) in [6.07, 6.45) is 6.50. The van der Waals surface area contributed by atoms with Crippen LogP contribution in [0.2, 0.25) is 0 Å². The number of hydrazine groups is 1. The number of amides is 1. The summed E-state index contributed by atoms with van der Waals surface area (Å²) in [5.41, 5.74) is 2.12. The number of rotatable bonds is 4. The van der Waals surface area contributed by atoms with Crippen LogP contribution in [0.3, 0.4) is 0 Å². The number of carbonyl (C=O) groups excluding carboxylic acids is 1. The summed E-state index contributed by atoms with van der Waals surface area (Å²) in [6.45, 7) is 6.82. The highest BCUT2D eigenvalue weighted by Crippen LogP contribution is 2.68. The average Bonchev–Trinajstić information content (AvgIpc) is 3.06. The molecule has 6 heteroatoms. The van der Waals surface area contributed by atoms with Crippen LogP contribution in [-0.4, -0.2) is 39.5 Å². The predicted molar refractivity (Wildman–Crippen MR) is 115 cm³/mol. The van der Waals surface area contributed by atoms with Gasteiger partial charge in [0.1, 0.15) is 0 Å². The second-order valence-electron chi connectivity index (χ2n) is 11.6. The maximum atomic E-state index is 11.6. The predicted octanol–water partition coefficient (Wildman–Crippen LogP) is 2.35. The Hall–Kier alpha value is -0.690. The normalized spacial score (nSPS) is 51.4. The molecule has 1 amide bonds. The summed E-state index contributed by atoms with van der Waals surface area (Å²) in [5.74, 6) is 7.03. The molecule has 0 spiro atoms. The van der Waals surface area contributed by atoms with Crippen molar-refractivity contribution in [3.05, 3.63) is 0 Å². The first-order valence-corrected chi connectivity index (χ1v) is 12.2. The van der Waals surface area contributed by atoms with Crippen molar-refractivity contribution in [3.63, 3.8) is 0 Å². The second kappa shape index (κ2) is 8.02. The number of nitrogens with one attached hydrogen (secondary N) is 1. The van der Waals surface area contributed by atoms with Crippen LogP contribution in [0.15, 0.2) is 0 Å². The largest absolute Gasteiger partial charge is 0.393 e. The summed E-state index contributed by atoms with van der Waals surface area (Å²) in [7, 11) is 0. The Morgan fingerprint density at radius 3 is 2.53 bits per heavy atom. The van der Waals surface area contributed by atoms with Crippen molar-refractivity contribution in [2.45, 2.75) is 96.9 Å². The summed E-state index contributed by atoms with van der Waals surface area (Å²) in [6, 6.07) is 0. The minimum Gasteiger partial charge on any atom is -0.393 e. The minimum absolute atomic E-state index is 0.106. The molecule has 6 N–H and O–H groups in total. The fourth-order valence-electron chi connectivity index (χ4n) is 8.76. The van der Waals surface area contributed by atoms with E-state index in [1.807, 2.05) is 0 Å². The number of aliphatic hydroxyl groups excluding tert-OH is 3. The SMILES string of the molecule is C[C@H](CCC(=O)NN)[C@H]1CC[C@H]2[C@@H]3[C@H](O)C[C@@H]4C[C@H](O)CC[C@]4(C)[C@H]3C[C@H](O)[C@]12C. The first-order chi connectivity index (χ1) is 14.1. The molecule has 0 aromatic heterocycles. The van der Waals surface area contributed by atoms with Gasteiger partial charge in [0.25, 0.3) is 0 Å². The smallest absolute Gasteiger partial charge is 0.233 e. The molecule has 4 saturated carbocycles. The van der Waals surface area contributed by atoms with Gasteiger partial charge in [-0.3, -0.25) is 10.2 Å². The van der Waals surface area contributed by atoms with Crippen LogP contribution in [0.25, 0.3) is 0 Å². The molecule has 0 saturated heterocycles. The first kappa shape index (κ1) is 22.5. The molecule has 0 bridgehead atoms. The van der Waals surface area contributed by atoms with Gasteiger partial charge in [0, 0.05) is 6.42 Å². The van der Waals surface area contributed by atoms with Gasteiger partial charge in [0.05, 0.1) is 18.3 Å². The fraction of sp³-hybridized carbons (Fsp3) is 0.958. The molecule has 0 unspecified atom stereocenters. The van der Waals surface area contributed by atoms with Gasteiger partial charge in [-0.25, -0.2) is 5.84 Å². The molecule has 30 heavy (non-hydrogen) atoms. The van der Waals surface area contributed by atoms with E-state index >= 15 is 0 Å². The molecule has 6 nitrogen and oxygen atoms in total. The van der Waals surface area contributed by atoms with Gasteiger partial charge in [0.2, 0.25) is 5.91 Å². The quantitative estimate of drug-likeness (QED) is 0.271. The molecule has 4 aliphatic rings. The fourth-order valence-corrected chi connectivity index (χ4v) is 8.76.